The number of nitro benzene ring substituents is 1. The average Bonchev–Trinajstić information content (AvgIpc) is 3.39. The first-order chi connectivity index (χ1) is 20.7. The summed E-state index contributed by atoms with van der Waals surface area (Å²) in [6, 6.07) is 25.5. The number of likely N-dealkylation sites (tertiary alicyclic amines) is 1. The van der Waals surface area contributed by atoms with E-state index in [1.54, 1.807) is 66.7 Å². The highest BCUT2D eigenvalue weighted by Gasteiger charge is 2.57. The van der Waals surface area contributed by atoms with Gasteiger partial charge >= 0.3 is 6.03 Å². The van der Waals surface area contributed by atoms with E-state index in [0.717, 1.165) is 5.56 Å². The maximum Gasteiger partial charge on any atom is 0.323 e. The van der Waals surface area contributed by atoms with Crippen molar-refractivity contribution in [2.75, 3.05) is 12.4 Å². The van der Waals surface area contributed by atoms with Gasteiger partial charge in [-0.1, -0.05) is 72.3 Å². The van der Waals surface area contributed by atoms with Crippen LogP contribution in [0.15, 0.2) is 103 Å². The monoisotopic (exact) mass is 578 g/mol. The minimum absolute atomic E-state index is 0.149. The first-order valence-corrected chi connectivity index (χ1v) is 13.6. The molecule has 10 nitrogen and oxygen atoms in total. The summed E-state index contributed by atoms with van der Waals surface area (Å²) in [5.41, 5.74) is 8.82. The van der Waals surface area contributed by atoms with Crippen LogP contribution in [0.25, 0.3) is 0 Å². The Morgan fingerprint density at radius 1 is 0.860 bits per heavy atom. The smallest absolute Gasteiger partial charge is 0.323 e. The van der Waals surface area contributed by atoms with Crippen molar-refractivity contribution in [1.29, 1.82) is 0 Å². The summed E-state index contributed by atoms with van der Waals surface area (Å²) in [6.07, 6.45) is 0. The van der Waals surface area contributed by atoms with Crippen molar-refractivity contribution in [2.45, 2.75) is 24.9 Å². The van der Waals surface area contributed by atoms with E-state index in [0.29, 0.717) is 28.1 Å². The summed E-state index contributed by atoms with van der Waals surface area (Å²) >= 11 is 0. The predicted molar refractivity (Wildman–Crippen MR) is 161 cm³/mol. The van der Waals surface area contributed by atoms with E-state index in [-0.39, 0.29) is 11.5 Å². The number of non-ortho nitro benzene ring substituents is 1. The maximum absolute atomic E-state index is 14.4. The summed E-state index contributed by atoms with van der Waals surface area (Å²) < 4.78 is 5.33. The van der Waals surface area contributed by atoms with Crippen molar-refractivity contribution in [3.05, 3.63) is 135 Å². The van der Waals surface area contributed by atoms with E-state index in [1.165, 1.54) is 36.3 Å². The van der Waals surface area contributed by atoms with Crippen molar-refractivity contribution in [1.82, 2.24) is 4.90 Å². The van der Waals surface area contributed by atoms with E-state index >= 15 is 0 Å². The molecule has 43 heavy (non-hydrogen) atoms. The van der Waals surface area contributed by atoms with Crippen LogP contribution >= 0.6 is 0 Å². The van der Waals surface area contributed by atoms with Gasteiger partial charge in [0.25, 0.3) is 5.69 Å². The number of ketones is 1. The van der Waals surface area contributed by atoms with Gasteiger partial charge in [0.15, 0.2) is 5.78 Å². The number of rotatable bonds is 8. The van der Waals surface area contributed by atoms with Crippen molar-refractivity contribution < 1.29 is 24.0 Å². The van der Waals surface area contributed by atoms with Crippen LogP contribution in [0.2, 0.25) is 0 Å². The van der Waals surface area contributed by atoms with Crippen molar-refractivity contribution in [3.8, 4) is 5.75 Å². The van der Waals surface area contributed by atoms with Crippen molar-refractivity contribution in [3.63, 3.8) is 0 Å². The molecule has 3 N–H and O–H groups in total. The molecule has 4 aromatic carbocycles. The number of urea groups is 1. The molecule has 1 heterocycles. The lowest BCUT2D eigenvalue weighted by Crippen LogP contribution is -2.48. The molecule has 4 atom stereocenters. The van der Waals surface area contributed by atoms with Gasteiger partial charge in [-0.2, -0.15) is 0 Å². The number of benzene rings is 4. The number of Topliss-reactive ketones (excluding diaryl/α,β-unsaturated/α-hetero) is 1. The fourth-order valence-corrected chi connectivity index (χ4v) is 5.78. The standard InChI is InChI=1S/C33H30N4O6/c1-20-8-14-24(15-9-20)35-33(40)36-29(22-12-18-26(43-2)19-13-22)28(31(38)23-6-4-3-5-7-23)27(30(36)32(34)39)21-10-16-25(17-11-21)37(41)42/h3-19,27-30H,1-2H3,(H2,34,39)(H,35,40). The Labute approximate surface area is 248 Å². The Balaban J connectivity index is 1.72. The minimum Gasteiger partial charge on any atom is -0.497 e. The Morgan fingerprint density at radius 3 is 2.02 bits per heavy atom. The molecule has 0 radical (unpaired) electrons. The number of hydrogen-bond acceptors (Lipinski definition) is 6. The predicted octanol–water partition coefficient (Wildman–Crippen LogP) is 5.64. The van der Waals surface area contributed by atoms with Gasteiger partial charge in [-0.25, -0.2) is 4.79 Å². The minimum atomic E-state index is -1.27. The van der Waals surface area contributed by atoms with Gasteiger partial charge in [-0.05, 0) is 42.3 Å². The Morgan fingerprint density at radius 2 is 1.47 bits per heavy atom. The molecule has 218 valence electrons. The second kappa shape index (κ2) is 12.2. The first kappa shape index (κ1) is 29.0. The molecule has 10 heteroatoms. The van der Waals surface area contributed by atoms with Crippen molar-refractivity contribution in [2.24, 2.45) is 11.7 Å². The highest BCUT2D eigenvalue weighted by atomic mass is 16.6. The van der Waals surface area contributed by atoms with E-state index in [9.17, 15) is 24.5 Å². The number of carbonyl (C=O) groups is 3. The quantitative estimate of drug-likeness (QED) is 0.157. The zero-order valence-corrected chi connectivity index (χ0v) is 23.5. The summed E-state index contributed by atoms with van der Waals surface area (Å²) in [6.45, 7) is 1.92. The molecule has 0 spiro atoms. The zero-order valence-electron chi connectivity index (χ0n) is 23.5. The third kappa shape index (κ3) is 5.80. The number of hydrogen-bond donors (Lipinski definition) is 2. The molecule has 0 bridgehead atoms. The lowest BCUT2D eigenvalue weighted by molar-refractivity contribution is -0.384. The summed E-state index contributed by atoms with van der Waals surface area (Å²) in [7, 11) is 1.53. The first-order valence-electron chi connectivity index (χ1n) is 13.6. The average molecular weight is 579 g/mol. The van der Waals surface area contributed by atoms with Gasteiger partial charge in [-0.15, -0.1) is 0 Å². The highest BCUT2D eigenvalue weighted by molar-refractivity contribution is 6.02. The van der Waals surface area contributed by atoms with Gasteiger partial charge in [0.2, 0.25) is 5.91 Å². The number of carbonyl (C=O) groups excluding carboxylic acids is 3. The highest BCUT2D eigenvalue weighted by Crippen LogP contribution is 2.51. The molecule has 0 aromatic heterocycles. The molecular formula is C33H30N4O6. The van der Waals surface area contributed by atoms with Crippen LogP contribution in [0.1, 0.15) is 39.0 Å². The second-order valence-corrected chi connectivity index (χ2v) is 10.4. The fraction of sp³-hybridized carbons (Fsp3) is 0.182. The van der Waals surface area contributed by atoms with Crippen LogP contribution in [0.5, 0.6) is 5.75 Å². The van der Waals surface area contributed by atoms with Gasteiger partial charge in [0, 0.05) is 29.3 Å². The normalized spacial score (nSPS) is 19.4. The van der Waals surface area contributed by atoms with E-state index < -0.39 is 40.8 Å². The number of nitrogens with zero attached hydrogens (tertiary/aromatic N) is 2. The SMILES string of the molecule is COc1ccc(C2C(C(=O)c3ccccc3)C(c3ccc([N+](=O)[O-])cc3)C(C(N)=O)N2C(=O)Nc2ccc(C)cc2)cc1. The lowest BCUT2D eigenvalue weighted by Gasteiger charge is -2.31. The second-order valence-electron chi connectivity index (χ2n) is 10.4. The van der Waals surface area contributed by atoms with Crippen LogP contribution in [0.3, 0.4) is 0 Å². The maximum atomic E-state index is 14.4. The van der Waals surface area contributed by atoms with Crippen LogP contribution in [0.4, 0.5) is 16.2 Å². The van der Waals surface area contributed by atoms with Crippen LogP contribution in [-0.4, -0.2) is 40.7 Å². The number of primary amides is 1. The molecule has 3 amide bonds. The molecule has 0 aliphatic carbocycles. The molecule has 4 aromatic rings. The van der Waals surface area contributed by atoms with Crippen LogP contribution < -0.4 is 15.8 Å². The van der Waals surface area contributed by atoms with Crippen LogP contribution in [-0.2, 0) is 4.79 Å². The van der Waals surface area contributed by atoms with E-state index in [4.69, 9.17) is 10.5 Å². The molecular weight excluding hydrogens is 548 g/mol. The largest absolute Gasteiger partial charge is 0.497 e. The van der Waals surface area contributed by atoms with Gasteiger partial charge in [-0.3, -0.25) is 19.7 Å². The van der Waals surface area contributed by atoms with Crippen molar-refractivity contribution >= 4 is 29.1 Å². The van der Waals surface area contributed by atoms with Gasteiger partial charge < -0.3 is 20.7 Å². The third-order valence-electron chi connectivity index (χ3n) is 7.80. The van der Waals surface area contributed by atoms with Crippen LogP contribution in [0, 0.1) is 23.0 Å². The molecule has 4 unspecified atom stereocenters. The molecule has 1 aliphatic rings. The summed E-state index contributed by atoms with van der Waals surface area (Å²) in [4.78, 5) is 54.0. The summed E-state index contributed by atoms with van der Waals surface area (Å²) in [5, 5.41) is 14.3. The number of amides is 3. The number of anilines is 1. The molecule has 1 aliphatic heterocycles. The molecule has 1 fully saturated rings. The molecule has 1 saturated heterocycles. The number of methoxy groups -OCH3 is 1. The number of ether oxygens (including phenoxy) is 1. The fourth-order valence-electron chi connectivity index (χ4n) is 5.78. The number of nitro groups is 1. The Bertz CT molecular complexity index is 1640. The molecule has 5 rings (SSSR count). The lowest BCUT2D eigenvalue weighted by atomic mass is 9.76. The molecule has 0 saturated carbocycles. The number of nitrogens with one attached hydrogen (secondary N) is 1. The topological polar surface area (TPSA) is 145 Å². The number of nitrogens with two attached hydrogens (primary N) is 1. The zero-order chi connectivity index (χ0) is 30.7. The van der Waals surface area contributed by atoms with E-state index in [1.807, 2.05) is 19.1 Å². The van der Waals surface area contributed by atoms with Gasteiger partial charge in [0.05, 0.1) is 24.0 Å². The Hall–Kier alpha value is -5.51. The van der Waals surface area contributed by atoms with E-state index in [2.05, 4.69) is 5.32 Å². The third-order valence-corrected chi connectivity index (χ3v) is 7.80. The summed E-state index contributed by atoms with van der Waals surface area (Å²) in [5.74, 6) is -2.44. The Kier molecular flexibility index (Phi) is 8.20. The number of aryl methyl sites for hydroxylation is 1. The van der Waals surface area contributed by atoms with Gasteiger partial charge in [0.1, 0.15) is 11.8 Å².